The van der Waals surface area contributed by atoms with Crippen LogP contribution in [0.4, 0.5) is 4.39 Å². The van der Waals surface area contributed by atoms with E-state index in [4.69, 9.17) is 14.5 Å². The van der Waals surface area contributed by atoms with Crippen LogP contribution in [-0.2, 0) is 4.74 Å². The first-order chi connectivity index (χ1) is 9.79. The van der Waals surface area contributed by atoms with Gasteiger partial charge in [-0.15, -0.1) is 0 Å². The first-order valence-corrected chi connectivity index (χ1v) is 6.40. The fourth-order valence-corrected chi connectivity index (χ4v) is 2.28. The zero-order valence-corrected chi connectivity index (χ0v) is 10.7. The topological polar surface area (TPSA) is 71.9 Å². The maximum atomic E-state index is 13.6. The minimum atomic E-state index is -0.587. The van der Waals surface area contributed by atoms with E-state index in [0.29, 0.717) is 24.6 Å². The van der Waals surface area contributed by atoms with E-state index in [0.717, 1.165) is 12.8 Å². The van der Waals surface area contributed by atoms with E-state index in [1.807, 2.05) is 6.07 Å². The molecule has 0 radical (unpaired) electrons. The maximum absolute atomic E-state index is 13.6. The number of nitriles is 1. The number of hydrogen-bond acceptors (Lipinski definition) is 5. The average Bonchev–Trinajstić information content (AvgIpc) is 2.97. The van der Waals surface area contributed by atoms with Crippen molar-refractivity contribution in [1.29, 1.82) is 5.26 Å². The van der Waals surface area contributed by atoms with Crippen molar-refractivity contribution in [2.45, 2.75) is 18.8 Å². The zero-order chi connectivity index (χ0) is 13.9. The number of aromatic nitrogens is 2. The third-order valence-corrected chi connectivity index (χ3v) is 3.38. The average molecular weight is 273 g/mol. The Balaban J connectivity index is 1.94. The van der Waals surface area contributed by atoms with E-state index in [1.54, 1.807) is 6.07 Å². The number of benzene rings is 1. The van der Waals surface area contributed by atoms with E-state index in [9.17, 15) is 4.39 Å². The van der Waals surface area contributed by atoms with E-state index in [1.165, 1.54) is 12.1 Å². The first kappa shape index (κ1) is 12.8. The van der Waals surface area contributed by atoms with Gasteiger partial charge in [-0.25, -0.2) is 4.39 Å². The van der Waals surface area contributed by atoms with Crippen LogP contribution < -0.4 is 0 Å². The quantitative estimate of drug-likeness (QED) is 0.841. The lowest BCUT2D eigenvalue weighted by Crippen LogP contribution is -2.15. The summed E-state index contributed by atoms with van der Waals surface area (Å²) in [5.41, 5.74) is 0.257. The molecule has 0 amide bonds. The molecule has 1 aromatic carbocycles. The second-order valence-corrected chi connectivity index (χ2v) is 4.62. The molecular formula is C14H12FN3O2. The van der Waals surface area contributed by atoms with Gasteiger partial charge in [-0.05, 0) is 25.0 Å². The largest absolute Gasteiger partial charge is 0.381 e. The summed E-state index contributed by atoms with van der Waals surface area (Å²) >= 11 is 0. The number of halogens is 1. The Morgan fingerprint density at radius 1 is 1.30 bits per heavy atom. The van der Waals surface area contributed by atoms with Crippen LogP contribution in [0, 0.1) is 17.1 Å². The molecule has 2 heterocycles. The zero-order valence-electron chi connectivity index (χ0n) is 10.7. The van der Waals surface area contributed by atoms with Gasteiger partial charge in [0.25, 0.3) is 5.89 Å². The van der Waals surface area contributed by atoms with Gasteiger partial charge in [0.15, 0.2) is 5.82 Å². The van der Waals surface area contributed by atoms with Gasteiger partial charge in [-0.3, -0.25) is 0 Å². The summed E-state index contributed by atoms with van der Waals surface area (Å²) in [6, 6.07) is 6.18. The summed E-state index contributed by atoms with van der Waals surface area (Å²) in [5.74, 6) is 0.384. The van der Waals surface area contributed by atoms with Crippen LogP contribution in [0.3, 0.4) is 0 Å². The Bertz CT molecular complexity index is 657. The maximum Gasteiger partial charge on any atom is 0.259 e. The standard InChI is InChI=1S/C14H12FN3O2/c15-12-3-1-2-10(11(12)8-16)14-17-13(18-20-14)9-4-6-19-7-5-9/h1-3,9H,4-7H2. The summed E-state index contributed by atoms with van der Waals surface area (Å²) in [6.07, 6.45) is 1.68. The summed E-state index contributed by atoms with van der Waals surface area (Å²) in [4.78, 5) is 4.30. The summed E-state index contributed by atoms with van der Waals surface area (Å²) in [7, 11) is 0. The van der Waals surface area contributed by atoms with Gasteiger partial charge >= 0.3 is 0 Å². The summed E-state index contributed by atoms with van der Waals surface area (Å²) in [5, 5.41) is 13.0. The molecule has 0 atom stereocenters. The van der Waals surface area contributed by atoms with Crippen molar-refractivity contribution in [2.24, 2.45) is 0 Å². The number of rotatable bonds is 2. The molecule has 0 unspecified atom stereocenters. The van der Waals surface area contributed by atoms with Crippen LogP contribution in [0.15, 0.2) is 22.7 Å². The van der Waals surface area contributed by atoms with Gasteiger partial charge in [-0.1, -0.05) is 11.2 Å². The van der Waals surface area contributed by atoms with Gasteiger partial charge in [0.2, 0.25) is 0 Å². The smallest absolute Gasteiger partial charge is 0.259 e. The summed E-state index contributed by atoms with van der Waals surface area (Å²) < 4.78 is 24.0. The SMILES string of the molecule is N#Cc1c(F)cccc1-c1nc(C2CCOCC2)no1. The molecule has 20 heavy (non-hydrogen) atoms. The predicted molar refractivity (Wildman–Crippen MR) is 67.2 cm³/mol. The molecule has 3 rings (SSSR count). The van der Waals surface area contributed by atoms with Gasteiger partial charge in [0.1, 0.15) is 17.4 Å². The normalized spacial score (nSPS) is 16.0. The van der Waals surface area contributed by atoms with Crippen molar-refractivity contribution in [3.05, 3.63) is 35.4 Å². The molecule has 102 valence electrons. The molecule has 2 aromatic rings. The third kappa shape index (κ3) is 2.28. The van der Waals surface area contributed by atoms with Crippen LogP contribution in [0.1, 0.15) is 30.1 Å². The van der Waals surface area contributed by atoms with Crippen LogP contribution in [0.2, 0.25) is 0 Å². The Morgan fingerprint density at radius 2 is 2.10 bits per heavy atom. The minimum Gasteiger partial charge on any atom is -0.381 e. The third-order valence-electron chi connectivity index (χ3n) is 3.38. The lowest BCUT2D eigenvalue weighted by Gasteiger charge is -2.18. The fraction of sp³-hybridized carbons (Fsp3) is 0.357. The van der Waals surface area contributed by atoms with Crippen molar-refractivity contribution < 1.29 is 13.7 Å². The molecule has 0 aliphatic carbocycles. The van der Waals surface area contributed by atoms with Crippen molar-refractivity contribution >= 4 is 0 Å². The highest BCUT2D eigenvalue weighted by atomic mass is 19.1. The Labute approximate surface area is 115 Å². The Kier molecular flexibility index (Phi) is 3.44. The Morgan fingerprint density at radius 3 is 2.85 bits per heavy atom. The lowest BCUT2D eigenvalue weighted by atomic mass is 10.00. The van der Waals surface area contributed by atoms with Gasteiger partial charge in [-0.2, -0.15) is 10.2 Å². The molecule has 0 N–H and O–H groups in total. The summed E-state index contributed by atoms with van der Waals surface area (Å²) in [6.45, 7) is 1.36. The molecule has 1 aromatic heterocycles. The Hall–Kier alpha value is -2.26. The number of nitrogens with zero attached hydrogens (tertiary/aromatic N) is 3. The highest BCUT2D eigenvalue weighted by molar-refractivity contribution is 5.63. The highest BCUT2D eigenvalue weighted by Gasteiger charge is 2.23. The molecule has 6 heteroatoms. The van der Waals surface area contributed by atoms with Gasteiger partial charge < -0.3 is 9.26 Å². The molecule has 1 aliphatic rings. The second kappa shape index (κ2) is 5.39. The molecule has 1 fully saturated rings. The molecule has 0 saturated carbocycles. The fourth-order valence-electron chi connectivity index (χ4n) is 2.28. The van der Waals surface area contributed by atoms with Crippen LogP contribution >= 0.6 is 0 Å². The molecular weight excluding hydrogens is 261 g/mol. The van der Waals surface area contributed by atoms with Gasteiger partial charge in [0.05, 0.1) is 5.56 Å². The van der Waals surface area contributed by atoms with Crippen molar-refractivity contribution in [3.8, 4) is 17.5 Å². The van der Waals surface area contributed by atoms with E-state index in [-0.39, 0.29) is 17.4 Å². The first-order valence-electron chi connectivity index (χ1n) is 6.40. The number of hydrogen-bond donors (Lipinski definition) is 0. The van der Waals surface area contributed by atoms with E-state index >= 15 is 0 Å². The minimum absolute atomic E-state index is 0.0744. The van der Waals surface area contributed by atoms with E-state index < -0.39 is 5.82 Å². The molecule has 1 saturated heterocycles. The lowest BCUT2D eigenvalue weighted by molar-refractivity contribution is 0.0830. The molecule has 0 spiro atoms. The number of ether oxygens (including phenoxy) is 1. The van der Waals surface area contributed by atoms with Crippen LogP contribution in [0.25, 0.3) is 11.5 Å². The van der Waals surface area contributed by atoms with Gasteiger partial charge in [0, 0.05) is 19.1 Å². The van der Waals surface area contributed by atoms with Crippen molar-refractivity contribution in [3.63, 3.8) is 0 Å². The second-order valence-electron chi connectivity index (χ2n) is 4.62. The highest BCUT2D eigenvalue weighted by Crippen LogP contribution is 2.28. The molecule has 5 nitrogen and oxygen atoms in total. The van der Waals surface area contributed by atoms with Crippen LogP contribution in [0.5, 0.6) is 0 Å². The van der Waals surface area contributed by atoms with Crippen molar-refractivity contribution in [2.75, 3.05) is 13.2 Å². The predicted octanol–water partition coefficient (Wildman–Crippen LogP) is 2.64. The van der Waals surface area contributed by atoms with E-state index in [2.05, 4.69) is 10.1 Å². The monoisotopic (exact) mass is 273 g/mol. The van der Waals surface area contributed by atoms with Crippen LogP contribution in [-0.4, -0.2) is 23.4 Å². The van der Waals surface area contributed by atoms with Crippen molar-refractivity contribution in [1.82, 2.24) is 10.1 Å². The molecule has 1 aliphatic heterocycles. The molecule has 0 bridgehead atoms.